The first-order chi connectivity index (χ1) is 6.58. The van der Waals surface area contributed by atoms with Gasteiger partial charge in [-0.1, -0.05) is 19.9 Å². The molecular formula is C12H20O2. The predicted molar refractivity (Wildman–Crippen MR) is 57.9 cm³/mol. The lowest BCUT2D eigenvalue weighted by atomic mass is 9.98. The number of rotatable bonds is 5. The van der Waals surface area contributed by atoms with Crippen LogP contribution in [0.15, 0.2) is 24.5 Å². The van der Waals surface area contributed by atoms with Gasteiger partial charge in [0.25, 0.3) is 0 Å². The van der Waals surface area contributed by atoms with Crippen molar-refractivity contribution in [2.75, 3.05) is 6.61 Å². The summed E-state index contributed by atoms with van der Waals surface area (Å²) in [4.78, 5) is 0. The van der Waals surface area contributed by atoms with E-state index in [1.54, 1.807) is 6.08 Å². The monoisotopic (exact) mass is 196 g/mol. The molecule has 1 aliphatic carbocycles. The standard InChI is InChI=1S/C12H20O2/c1-4-7-12(13)8-5-6-11(12)14-9-10(2)3/h4,6,10,13H,1,5,7-9H2,2-3H3. The molecule has 2 heteroatoms. The van der Waals surface area contributed by atoms with E-state index in [2.05, 4.69) is 20.4 Å². The van der Waals surface area contributed by atoms with Crippen LogP contribution in [-0.4, -0.2) is 17.3 Å². The second-order valence-electron chi connectivity index (χ2n) is 4.34. The first-order valence-electron chi connectivity index (χ1n) is 5.25. The molecule has 0 aromatic carbocycles. The lowest BCUT2D eigenvalue weighted by Gasteiger charge is -2.25. The van der Waals surface area contributed by atoms with E-state index in [9.17, 15) is 5.11 Å². The molecule has 0 aromatic rings. The number of hydrogen-bond acceptors (Lipinski definition) is 2. The van der Waals surface area contributed by atoms with Crippen LogP contribution in [0, 0.1) is 5.92 Å². The summed E-state index contributed by atoms with van der Waals surface area (Å²) in [7, 11) is 0. The predicted octanol–water partition coefficient (Wildman–Crippen LogP) is 2.64. The van der Waals surface area contributed by atoms with Crippen LogP contribution in [0.1, 0.15) is 33.1 Å². The van der Waals surface area contributed by atoms with Gasteiger partial charge in [-0.3, -0.25) is 0 Å². The molecule has 0 fully saturated rings. The van der Waals surface area contributed by atoms with Crippen molar-refractivity contribution in [3.8, 4) is 0 Å². The number of hydrogen-bond donors (Lipinski definition) is 1. The minimum Gasteiger partial charge on any atom is -0.495 e. The van der Waals surface area contributed by atoms with Gasteiger partial charge in [-0.05, 0) is 24.8 Å². The molecular weight excluding hydrogens is 176 g/mol. The van der Waals surface area contributed by atoms with Crippen molar-refractivity contribution in [2.45, 2.75) is 38.7 Å². The van der Waals surface area contributed by atoms with Crippen LogP contribution in [0.4, 0.5) is 0 Å². The lowest BCUT2D eigenvalue weighted by Crippen LogP contribution is -2.29. The molecule has 2 nitrogen and oxygen atoms in total. The van der Waals surface area contributed by atoms with Crippen LogP contribution >= 0.6 is 0 Å². The minimum atomic E-state index is -0.781. The van der Waals surface area contributed by atoms with Crippen LogP contribution in [0.2, 0.25) is 0 Å². The molecule has 0 aliphatic heterocycles. The maximum atomic E-state index is 10.2. The summed E-state index contributed by atoms with van der Waals surface area (Å²) in [5.74, 6) is 1.23. The van der Waals surface area contributed by atoms with Crippen LogP contribution in [0.5, 0.6) is 0 Å². The van der Waals surface area contributed by atoms with E-state index in [4.69, 9.17) is 4.74 Å². The fraction of sp³-hybridized carbons (Fsp3) is 0.667. The van der Waals surface area contributed by atoms with Crippen LogP contribution in [0.25, 0.3) is 0 Å². The van der Waals surface area contributed by atoms with Crippen molar-refractivity contribution < 1.29 is 9.84 Å². The van der Waals surface area contributed by atoms with Crippen molar-refractivity contribution in [1.82, 2.24) is 0 Å². The number of aliphatic hydroxyl groups is 1. The summed E-state index contributed by atoms with van der Waals surface area (Å²) in [6.45, 7) is 8.53. The molecule has 0 aromatic heterocycles. The van der Waals surface area contributed by atoms with Gasteiger partial charge in [-0.2, -0.15) is 0 Å². The molecule has 0 bridgehead atoms. The van der Waals surface area contributed by atoms with Crippen LogP contribution in [0.3, 0.4) is 0 Å². The fourth-order valence-electron chi connectivity index (χ4n) is 1.65. The molecule has 0 spiro atoms. The Hall–Kier alpha value is -0.760. The fourth-order valence-corrected chi connectivity index (χ4v) is 1.65. The quantitative estimate of drug-likeness (QED) is 0.685. The smallest absolute Gasteiger partial charge is 0.125 e. The van der Waals surface area contributed by atoms with Crippen molar-refractivity contribution in [3.05, 3.63) is 24.5 Å². The van der Waals surface area contributed by atoms with E-state index in [1.165, 1.54) is 0 Å². The highest BCUT2D eigenvalue weighted by atomic mass is 16.5. The second kappa shape index (κ2) is 4.65. The Morgan fingerprint density at radius 3 is 3.00 bits per heavy atom. The van der Waals surface area contributed by atoms with Gasteiger partial charge >= 0.3 is 0 Å². The Kier molecular flexibility index (Phi) is 3.76. The Balaban J connectivity index is 2.54. The molecule has 0 saturated carbocycles. The van der Waals surface area contributed by atoms with Gasteiger partial charge in [0.1, 0.15) is 11.4 Å². The summed E-state index contributed by atoms with van der Waals surface area (Å²) in [5.41, 5.74) is -0.781. The molecule has 1 rings (SSSR count). The summed E-state index contributed by atoms with van der Waals surface area (Å²) < 4.78 is 5.60. The zero-order valence-corrected chi connectivity index (χ0v) is 9.12. The summed E-state index contributed by atoms with van der Waals surface area (Å²) >= 11 is 0. The van der Waals surface area contributed by atoms with E-state index in [0.717, 1.165) is 18.6 Å². The normalized spacial score (nSPS) is 26.4. The van der Waals surface area contributed by atoms with E-state index >= 15 is 0 Å². The summed E-state index contributed by atoms with van der Waals surface area (Å²) in [5, 5.41) is 10.2. The van der Waals surface area contributed by atoms with Gasteiger partial charge < -0.3 is 9.84 Å². The molecule has 14 heavy (non-hydrogen) atoms. The van der Waals surface area contributed by atoms with Crippen molar-refractivity contribution in [2.24, 2.45) is 5.92 Å². The minimum absolute atomic E-state index is 0.490. The number of allylic oxidation sites excluding steroid dienone is 1. The zero-order valence-electron chi connectivity index (χ0n) is 9.12. The molecule has 0 saturated heterocycles. The highest BCUT2D eigenvalue weighted by molar-refractivity contribution is 5.18. The summed E-state index contributed by atoms with van der Waals surface area (Å²) in [6.07, 6.45) is 5.98. The summed E-state index contributed by atoms with van der Waals surface area (Å²) in [6, 6.07) is 0. The highest BCUT2D eigenvalue weighted by Gasteiger charge is 2.35. The maximum Gasteiger partial charge on any atom is 0.125 e. The molecule has 0 heterocycles. The van der Waals surface area contributed by atoms with E-state index in [0.29, 0.717) is 18.9 Å². The second-order valence-corrected chi connectivity index (χ2v) is 4.34. The first kappa shape index (κ1) is 11.3. The molecule has 1 N–H and O–H groups in total. The zero-order chi connectivity index (χ0) is 10.6. The maximum absolute atomic E-state index is 10.2. The molecule has 80 valence electrons. The Morgan fingerprint density at radius 1 is 1.71 bits per heavy atom. The van der Waals surface area contributed by atoms with Crippen molar-refractivity contribution in [1.29, 1.82) is 0 Å². The van der Waals surface area contributed by atoms with E-state index in [1.807, 2.05) is 6.08 Å². The molecule has 1 atom stereocenters. The molecule has 1 unspecified atom stereocenters. The third kappa shape index (κ3) is 2.61. The van der Waals surface area contributed by atoms with Gasteiger partial charge in [-0.15, -0.1) is 6.58 Å². The topological polar surface area (TPSA) is 29.5 Å². The van der Waals surface area contributed by atoms with Crippen molar-refractivity contribution in [3.63, 3.8) is 0 Å². The van der Waals surface area contributed by atoms with Gasteiger partial charge in [0.05, 0.1) is 6.61 Å². The largest absolute Gasteiger partial charge is 0.495 e. The van der Waals surface area contributed by atoms with E-state index in [-0.39, 0.29) is 0 Å². The van der Waals surface area contributed by atoms with Gasteiger partial charge in [0.15, 0.2) is 0 Å². The average Bonchev–Trinajstić information content (AvgIpc) is 2.44. The molecule has 0 radical (unpaired) electrons. The van der Waals surface area contributed by atoms with Gasteiger partial charge in [0.2, 0.25) is 0 Å². The third-order valence-corrected chi connectivity index (χ3v) is 2.40. The highest BCUT2D eigenvalue weighted by Crippen LogP contribution is 2.34. The Morgan fingerprint density at radius 2 is 2.43 bits per heavy atom. The van der Waals surface area contributed by atoms with Crippen molar-refractivity contribution >= 4 is 0 Å². The third-order valence-electron chi connectivity index (χ3n) is 2.40. The SMILES string of the molecule is C=CCC1(O)CCC=C1OCC(C)C. The van der Waals surface area contributed by atoms with Crippen LogP contribution in [-0.2, 0) is 4.74 Å². The lowest BCUT2D eigenvalue weighted by molar-refractivity contribution is 0.0120. The van der Waals surface area contributed by atoms with Gasteiger partial charge in [-0.25, -0.2) is 0 Å². The van der Waals surface area contributed by atoms with Gasteiger partial charge in [0, 0.05) is 6.42 Å². The van der Waals surface area contributed by atoms with E-state index < -0.39 is 5.60 Å². The van der Waals surface area contributed by atoms with Crippen LogP contribution < -0.4 is 0 Å². The molecule has 1 aliphatic rings. The Labute approximate surface area is 86.3 Å². The first-order valence-corrected chi connectivity index (χ1v) is 5.25. The Bertz CT molecular complexity index is 230. The number of ether oxygens (including phenoxy) is 1. The average molecular weight is 196 g/mol. The molecule has 0 amide bonds.